The van der Waals surface area contributed by atoms with Crippen LogP contribution in [0.5, 0.6) is 0 Å². The SMILES string of the molecule is O=Cc1ccc2c(c1)S(=O)c1ccc(F)cc1CC2. The molecule has 2 nitrogen and oxygen atoms in total. The number of carbonyl (C=O) groups excluding carboxylic acids is 1. The van der Waals surface area contributed by atoms with Crippen LogP contribution in [0.1, 0.15) is 21.5 Å². The number of hydrogen-bond acceptors (Lipinski definition) is 2. The quantitative estimate of drug-likeness (QED) is 0.749. The molecule has 1 heterocycles. The van der Waals surface area contributed by atoms with Gasteiger partial charge in [0.2, 0.25) is 0 Å². The summed E-state index contributed by atoms with van der Waals surface area (Å²) in [5.74, 6) is -0.310. The Kier molecular flexibility index (Phi) is 3.03. The second-order valence-corrected chi connectivity index (χ2v) is 5.92. The molecule has 19 heavy (non-hydrogen) atoms. The minimum absolute atomic E-state index is 0.310. The fraction of sp³-hybridized carbons (Fsp3) is 0.133. The number of benzene rings is 2. The van der Waals surface area contributed by atoms with Crippen LogP contribution in [0, 0.1) is 5.82 Å². The Hall–Kier alpha value is -1.81. The summed E-state index contributed by atoms with van der Waals surface area (Å²) >= 11 is 0. The van der Waals surface area contributed by atoms with E-state index in [4.69, 9.17) is 0 Å². The van der Waals surface area contributed by atoms with Crippen LogP contribution in [-0.4, -0.2) is 10.5 Å². The Morgan fingerprint density at radius 2 is 1.79 bits per heavy atom. The van der Waals surface area contributed by atoms with Gasteiger partial charge in [-0.3, -0.25) is 4.79 Å². The highest BCUT2D eigenvalue weighted by atomic mass is 32.2. The van der Waals surface area contributed by atoms with Crippen molar-refractivity contribution in [1.82, 2.24) is 0 Å². The highest BCUT2D eigenvalue weighted by Gasteiger charge is 2.20. The van der Waals surface area contributed by atoms with E-state index in [-0.39, 0.29) is 5.82 Å². The molecule has 0 radical (unpaired) electrons. The molecule has 2 aromatic rings. The average Bonchev–Trinajstić information content (AvgIpc) is 2.56. The van der Waals surface area contributed by atoms with E-state index in [0.29, 0.717) is 28.2 Å². The summed E-state index contributed by atoms with van der Waals surface area (Å²) in [6.07, 6.45) is 2.11. The molecular weight excluding hydrogens is 263 g/mol. The highest BCUT2D eigenvalue weighted by molar-refractivity contribution is 7.85. The Bertz CT molecular complexity index is 695. The maximum atomic E-state index is 13.3. The third kappa shape index (κ3) is 2.12. The monoisotopic (exact) mass is 274 g/mol. The second kappa shape index (κ2) is 4.70. The molecule has 3 rings (SSSR count). The minimum atomic E-state index is -1.35. The second-order valence-electron chi connectivity index (χ2n) is 4.51. The molecule has 1 unspecified atom stereocenters. The van der Waals surface area contributed by atoms with Crippen LogP contribution in [0.2, 0.25) is 0 Å². The first-order chi connectivity index (χ1) is 9.19. The van der Waals surface area contributed by atoms with Crippen molar-refractivity contribution < 1.29 is 13.4 Å². The fourth-order valence-corrected chi connectivity index (χ4v) is 3.81. The Labute approximate surface area is 112 Å². The molecule has 1 aliphatic heterocycles. The van der Waals surface area contributed by atoms with Crippen molar-refractivity contribution in [3.05, 3.63) is 58.9 Å². The van der Waals surface area contributed by atoms with Gasteiger partial charge < -0.3 is 0 Å². The molecule has 2 aromatic carbocycles. The van der Waals surface area contributed by atoms with Gasteiger partial charge in [-0.15, -0.1) is 0 Å². The van der Waals surface area contributed by atoms with Gasteiger partial charge in [0.05, 0.1) is 10.8 Å². The fourth-order valence-electron chi connectivity index (χ4n) is 2.34. The van der Waals surface area contributed by atoms with E-state index in [1.54, 1.807) is 18.2 Å². The molecule has 0 aliphatic carbocycles. The minimum Gasteiger partial charge on any atom is -0.298 e. The third-order valence-electron chi connectivity index (χ3n) is 3.31. The highest BCUT2D eigenvalue weighted by Crippen LogP contribution is 2.29. The lowest BCUT2D eigenvalue weighted by Gasteiger charge is -2.06. The van der Waals surface area contributed by atoms with Crippen molar-refractivity contribution in [3.63, 3.8) is 0 Å². The molecule has 1 aliphatic rings. The third-order valence-corrected chi connectivity index (χ3v) is 4.89. The van der Waals surface area contributed by atoms with Gasteiger partial charge in [-0.1, -0.05) is 12.1 Å². The lowest BCUT2D eigenvalue weighted by Crippen LogP contribution is -1.98. The molecule has 0 amide bonds. The average molecular weight is 274 g/mol. The number of halogens is 1. The van der Waals surface area contributed by atoms with E-state index in [2.05, 4.69) is 0 Å². The molecule has 0 saturated heterocycles. The molecule has 0 bridgehead atoms. The van der Waals surface area contributed by atoms with Crippen molar-refractivity contribution in [3.8, 4) is 0 Å². The van der Waals surface area contributed by atoms with Gasteiger partial charge in [0.25, 0.3) is 0 Å². The van der Waals surface area contributed by atoms with E-state index < -0.39 is 10.8 Å². The van der Waals surface area contributed by atoms with Crippen molar-refractivity contribution in [2.24, 2.45) is 0 Å². The Balaban J connectivity index is 2.19. The molecular formula is C15H11FO2S. The summed E-state index contributed by atoms with van der Waals surface area (Å²) in [4.78, 5) is 12.1. The molecule has 0 N–H and O–H groups in total. The van der Waals surface area contributed by atoms with Gasteiger partial charge in [-0.2, -0.15) is 0 Å². The van der Waals surface area contributed by atoms with Gasteiger partial charge in [0.15, 0.2) is 0 Å². The summed E-state index contributed by atoms with van der Waals surface area (Å²) in [6, 6.07) is 9.56. The maximum absolute atomic E-state index is 13.3. The number of aldehydes is 1. The van der Waals surface area contributed by atoms with Crippen LogP contribution in [0.3, 0.4) is 0 Å². The predicted octanol–water partition coefficient (Wildman–Crippen LogP) is 2.90. The van der Waals surface area contributed by atoms with Gasteiger partial charge in [0, 0.05) is 15.4 Å². The van der Waals surface area contributed by atoms with Crippen molar-refractivity contribution in [2.45, 2.75) is 22.6 Å². The van der Waals surface area contributed by atoms with Gasteiger partial charge in [-0.05, 0) is 48.2 Å². The number of fused-ring (bicyclic) bond motifs is 2. The molecule has 0 spiro atoms. The molecule has 1 atom stereocenters. The molecule has 0 fully saturated rings. The van der Waals surface area contributed by atoms with Gasteiger partial charge >= 0.3 is 0 Å². The lowest BCUT2D eigenvalue weighted by atomic mass is 10.0. The van der Waals surface area contributed by atoms with E-state index >= 15 is 0 Å². The number of aryl methyl sites for hydroxylation is 2. The first kappa shape index (κ1) is 12.2. The van der Waals surface area contributed by atoms with Crippen LogP contribution in [0.15, 0.2) is 46.2 Å². The number of hydrogen-bond donors (Lipinski definition) is 0. The van der Waals surface area contributed by atoms with E-state index in [1.165, 1.54) is 12.1 Å². The largest absolute Gasteiger partial charge is 0.298 e. The van der Waals surface area contributed by atoms with Crippen LogP contribution in [0.25, 0.3) is 0 Å². The normalized spacial score (nSPS) is 17.2. The number of carbonyl (C=O) groups is 1. The summed E-state index contributed by atoms with van der Waals surface area (Å²) in [6.45, 7) is 0. The summed E-state index contributed by atoms with van der Waals surface area (Å²) in [5.41, 5.74) is 2.25. The van der Waals surface area contributed by atoms with Crippen LogP contribution in [-0.2, 0) is 23.6 Å². The topological polar surface area (TPSA) is 34.1 Å². The predicted molar refractivity (Wildman–Crippen MR) is 70.3 cm³/mol. The Morgan fingerprint density at radius 3 is 2.58 bits per heavy atom. The van der Waals surface area contributed by atoms with Crippen LogP contribution in [0.4, 0.5) is 4.39 Å². The smallest absolute Gasteiger partial charge is 0.150 e. The van der Waals surface area contributed by atoms with Crippen molar-refractivity contribution >= 4 is 17.1 Å². The first-order valence-corrected chi connectivity index (χ1v) is 7.12. The van der Waals surface area contributed by atoms with Crippen LogP contribution >= 0.6 is 0 Å². The number of rotatable bonds is 1. The summed E-state index contributed by atoms with van der Waals surface area (Å²) in [7, 11) is -1.35. The Morgan fingerprint density at radius 1 is 1.00 bits per heavy atom. The van der Waals surface area contributed by atoms with E-state index in [9.17, 15) is 13.4 Å². The molecule has 96 valence electrons. The zero-order chi connectivity index (χ0) is 13.4. The van der Waals surface area contributed by atoms with Gasteiger partial charge in [-0.25, -0.2) is 8.60 Å². The van der Waals surface area contributed by atoms with Crippen molar-refractivity contribution in [1.29, 1.82) is 0 Å². The first-order valence-electron chi connectivity index (χ1n) is 5.97. The lowest BCUT2D eigenvalue weighted by molar-refractivity contribution is 0.112. The standard InChI is InChI=1S/C15H11FO2S/c16-13-5-6-14-12(8-13)4-3-11-2-1-10(9-17)7-15(11)19(14)18/h1-2,5-9H,3-4H2. The van der Waals surface area contributed by atoms with E-state index in [1.807, 2.05) is 6.07 Å². The van der Waals surface area contributed by atoms with Gasteiger partial charge in [0.1, 0.15) is 12.1 Å². The molecule has 0 aromatic heterocycles. The van der Waals surface area contributed by atoms with Crippen LogP contribution < -0.4 is 0 Å². The summed E-state index contributed by atoms with van der Waals surface area (Å²) < 4.78 is 25.8. The zero-order valence-electron chi connectivity index (χ0n) is 10.1. The molecule has 0 saturated carbocycles. The van der Waals surface area contributed by atoms with Crippen molar-refractivity contribution in [2.75, 3.05) is 0 Å². The summed E-state index contributed by atoms with van der Waals surface area (Å²) in [5, 5.41) is 0. The van der Waals surface area contributed by atoms with E-state index in [0.717, 1.165) is 17.4 Å². The zero-order valence-corrected chi connectivity index (χ0v) is 10.9. The molecule has 4 heteroatoms. The maximum Gasteiger partial charge on any atom is 0.150 e.